The van der Waals surface area contributed by atoms with Crippen LogP contribution >= 0.6 is 23.2 Å². The normalized spacial score (nSPS) is 11.4. The molecule has 1 amide bonds. The lowest BCUT2D eigenvalue weighted by atomic mass is 10.1. The molecule has 4 aromatic heterocycles. The summed E-state index contributed by atoms with van der Waals surface area (Å²) in [5.74, 6) is 0.593. The number of nitrogens with one attached hydrogen (secondary N) is 2. The molecule has 14 heteroatoms. The van der Waals surface area contributed by atoms with E-state index in [-0.39, 0.29) is 23.1 Å². The summed E-state index contributed by atoms with van der Waals surface area (Å²) in [6.45, 7) is 7.89. The van der Waals surface area contributed by atoms with Gasteiger partial charge in [-0.3, -0.25) is 19.4 Å². The van der Waals surface area contributed by atoms with Crippen molar-refractivity contribution in [3.05, 3.63) is 75.4 Å². The minimum absolute atomic E-state index is 0.102. The van der Waals surface area contributed by atoms with Gasteiger partial charge in [0.25, 0.3) is 5.56 Å². The Bertz CT molecular complexity index is 1880. The van der Waals surface area contributed by atoms with E-state index in [0.717, 1.165) is 0 Å². The summed E-state index contributed by atoms with van der Waals surface area (Å²) in [6, 6.07) is 9.99. The number of amides is 1. The fourth-order valence-corrected chi connectivity index (χ4v) is 4.75. The quantitative estimate of drug-likeness (QED) is 0.201. The topological polar surface area (TPSA) is 138 Å². The third-order valence-corrected chi connectivity index (χ3v) is 6.69. The molecule has 4 heterocycles. The molecule has 0 atom stereocenters. The van der Waals surface area contributed by atoms with Gasteiger partial charge in [0.1, 0.15) is 16.9 Å². The maximum absolute atomic E-state index is 13.3. The highest BCUT2D eigenvalue weighted by Crippen LogP contribution is 2.34. The van der Waals surface area contributed by atoms with Gasteiger partial charge in [-0.2, -0.15) is 4.98 Å². The van der Waals surface area contributed by atoms with Gasteiger partial charge in [-0.05, 0) is 52.0 Å². The number of benzene rings is 1. The number of carbonyl (C=O) groups is 1. The van der Waals surface area contributed by atoms with E-state index in [2.05, 4.69) is 30.7 Å². The van der Waals surface area contributed by atoms with Crippen molar-refractivity contribution in [1.82, 2.24) is 29.3 Å². The van der Waals surface area contributed by atoms with E-state index in [1.165, 1.54) is 10.8 Å². The highest BCUT2D eigenvalue weighted by atomic mass is 35.5. The number of anilines is 3. The molecule has 1 aromatic carbocycles. The van der Waals surface area contributed by atoms with Gasteiger partial charge in [0.05, 0.1) is 27.5 Å². The van der Waals surface area contributed by atoms with Gasteiger partial charge in [-0.1, -0.05) is 29.3 Å². The van der Waals surface area contributed by atoms with E-state index in [4.69, 9.17) is 32.7 Å². The number of aryl methyl sites for hydroxylation is 2. The zero-order chi connectivity index (χ0) is 30.9. The van der Waals surface area contributed by atoms with Crippen LogP contribution in [0.5, 0.6) is 11.8 Å². The first kappa shape index (κ1) is 29.8. The third kappa shape index (κ3) is 6.71. The average molecular weight is 624 g/mol. The molecule has 43 heavy (non-hydrogen) atoms. The highest BCUT2D eigenvalue weighted by molar-refractivity contribution is 6.39. The zero-order valence-electron chi connectivity index (χ0n) is 24.0. The van der Waals surface area contributed by atoms with Crippen molar-refractivity contribution in [2.45, 2.75) is 39.8 Å². The van der Waals surface area contributed by atoms with Crippen molar-refractivity contribution in [3.8, 4) is 22.9 Å². The summed E-state index contributed by atoms with van der Waals surface area (Å²) < 4.78 is 14.4. The Labute approximate surface area is 256 Å². The fraction of sp³-hybridized carbons (Fsp3) is 0.241. The van der Waals surface area contributed by atoms with Crippen molar-refractivity contribution in [3.63, 3.8) is 0 Å². The molecule has 0 radical (unpaired) electrons. The maximum Gasteiger partial charge on any atom is 0.412 e. The molecule has 0 unspecified atom stereocenters. The van der Waals surface area contributed by atoms with E-state index in [9.17, 15) is 9.59 Å². The van der Waals surface area contributed by atoms with Crippen LogP contribution in [-0.4, -0.2) is 41.0 Å². The number of aromatic nitrogens is 6. The van der Waals surface area contributed by atoms with E-state index in [0.29, 0.717) is 50.3 Å². The molecule has 0 aliphatic rings. The Hall–Kier alpha value is -4.68. The van der Waals surface area contributed by atoms with Gasteiger partial charge in [0, 0.05) is 43.0 Å². The van der Waals surface area contributed by atoms with Crippen LogP contribution in [0.1, 0.15) is 27.7 Å². The summed E-state index contributed by atoms with van der Waals surface area (Å²) in [5, 5.41) is 11.4. The predicted molar refractivity (Wildman–Crippen MR) is 166 cm³/mol. The molecule has 0 aliphatic heterocycles. The van der Waals surface area contributed by atoms with Crippen molar-refractivity contribution in [1.29, 1.82) is 0 Å². The van der Waals surface area contributed by atoms with Crippen LogP contribution in [0.25, 0.3) is 22.2 Å². The van der Waals surface area contributed by atoms with Crippen LogP contribution in [0.15, 0.2) is 59.8 Å². The molecular weight excluding hydrogens is 595 g/mol. The fourth-order valence-electron chi connectivity index (χ4n) is 4.15. The van der Waals surface area contributed by atoms with Gasteiger partial charge < -0.3 is 14.8 Å². The number of nitrogens with zero attached hydrogens (tertiary/aromatic N) is 6. The highest BCUT2D eigenvalue weighted by Gasteiger charge is 2.20. The van der Waals surface area contributed by atoms with Crippen LogP contribution < -0.4 is 20.9 Å². The van der Waals surface area contributed by atoms with E-state index in [1.54, 1.807) is 81.3 Å². The molecule has 0 spiro atoms. The molecule has 0 fully saturated rings. The van der Waals surface area contributed by atoms with Gasteiger partial charge in [0.2, 0.25) is 17.7 Å². The Morgan fingerprint density at radius 1 is 1.07 bits per heavy atom. The Morgan fingerprint density at radius 3 is 2.49 bits per heavy atom. The Kier molecular flexibility index (Phi) is 8.25. The Balaban J connectivity index is 1.47. The van der Waals surface area contributed by atoms with Gasteiger partial charge >= 0.3 is 6.09 Å². The van der Waals surface area contributed by atoms with Crippen molar-refractivity contribution in [2.75, 3.05) is 10.6 Å². The van der Waals surface area contributed by atoms with E-state index in [1.807, 2.05) is 6.92 Å². The summed E-state index contributed by atoms with van der Waals surface area (Å²) >= 11 is 12.7. The summed E-state index contributed by atoms with van der Waals surface area (Å²) in [7, 11) is 1.60. The van der Waals surface area contributed by atoms with Crippen LogP contribution in [0.3, 0.4) is 0 Å². The molecule has 0 saturated carbocycles. The third-order valence-electron chi connectivity index (χ3n) is 6.06. The average Bonchev–Trinajstić information content (AvgIpc) is 3.39. The van der Waals surface area contributed by atoms with Crippen molar-refractivity contribution < 1.29 is 14.3 Å². The number of ether oxygens (including phenoxy) is 2. The number of rotatable bonds is 7. The maximum atomic E-state index is 13.3. The molecule has 12 nitrogen and oxygen atoms in total. The Morgan fingerprint density at radius 2 is 1.81 bits per heavy atom. The first-order chi connectivity index (χ1) is 20.4. The first-order valence-corrected chi connectivity index (χ1v) is 14.0. The number of fused-ring (bicyclic) bond motifs is 1. The molecule has 0 saturated heterocycles. The number of hydrogen-bond donors (Lipinski definition) is 2. The molecule has 5 rings (SSSR count). The summed E-state index contributed by atoms with van der Waals surface area (Å²) in [5.41, 5.74) is 0.749. The molecule has 0 aliphatic carbocycles. The number of hydrogen-bond acceptors (Lipinski definition) is 9. The van der Waals surface area contributed by atoms with Crippen molar-refractivity contribution >= 4 is 57.7 Å². The second-order valence-corrected chi connectivity index (χ2v) is 11.2. The smallest absolute Gasteiger partial charge is 0.412 e. The molecule has 5 aromatic rings. The van der Waals surface area contributed by atoms with Crippen LogP contribution in [-0.2, 0) is 18.3 Å². The lowest BCUT2D eigenvalue weighted by molar-refractivity contribution is 0.0635. The minimum atomic E-state index is -0.722. The van der Waals surface area contributed by atoms with E-state index < -0.39 is 11.7 Å². The molecule has 222 valence electrons. The van der Waals surface area contributed by atoms with Crippen molar-refractivity contribution in [2.24, 2.45) is 7.05 Å². The predicted octanol–water partition coefficient (Wildman–Crippen LogP) is 6.80. The second kappa shape index (κ2) is 11.9. The summed E-state index contributed by atoms with van der Waals surface area (Å²) in [6.07, 6.45) is 4.14. The van der Waals surface area contributed by atoms with Crippen LogP contribution in [0, 0.1) is 0 Å². The zero-order valence-corrected chi connectivity index (χ0v) is 25.5. The second-order valence-electron chi connectivity index (χ2n) is 10.4. The molecular formula is C29H28Cl2N8O4. The van der Waals surface area contributed by atoms with Gasteiger partial charge in [0.15, 0.2) is 0 Å². The van der Waals surface area contributed by atoms with Gasteiger partial charge in [-0.25, -0.2) is 14.8 Å². The summed E-state index contributed by atoms with van der Waals surface area (Å²) in [4.78, 5) is 39.2. The minimum Gasteiger partial charge on any atom is -0.444 e. The molecule has 0 bridgehead atoms. The van der Waals surface area contributed by atoms with E-state index >= 15 is 0 Å². The van der Waals surface area contributed by atoms with Gasteiger partial charge in [-0.15, -0.1) is 5.10 Å². The lowest BCUT2D eigenvalue weighted by Gasteiger charge is -2.20. The number of carbonyl (C=O) groups excluding carboxylic acids is 1. The molecule has 2 N–H and O–H groups in total. The monoisotopic (exact) mass is 622 g/mol. The number of pyridine rings is 2. The SMILES string of the molecule is CCn1ccc(Oc2ncc(Nc3ncc4cc(-c5c(Cl)cccc5Cl)c(=O)n(C)c4n3)cc2NC(=O)OC(C)(C)C)n1. The van der Waals surface area contributed by atoms with Crippen LogP contribution in [0.4, 0.5) is 22.1 Å². The lowest BCUT2D eigenvalue weighted by Crippen LogP contribution is -2.27. The van der Waals surface area contributed by atoms with Crippen LogP contribution in [0.2, 0.25) is 10.0 Å². The number of halogens is 2. The standard InChI is InChI=1S/C29H28Cl2N8O4/c1-6-39-11-10-22(37-39)42-25-21(35-28(41)43-29(2,3)4)13-17(15-32-25)34-27-33-14-16-12-18(26(40)38(5)24(16)36-27)23-19(30)8-7-9-20(23)31/h7-15H,6H2,1-5H3,(H,35,41)(H,33,34,36). The first-order valence-electron chi connectivity index (χ1n) is 13.2. The largest absolute Gasteiger partial charge is 0.444 e.